The van der Waals surface area contributed by atoms with Crippen molar-refractivity contribution in [1.82, 2.24) is 18.9 Å². The summed E-state index contributed by atoms with van der Waals surface area (Å²) in [4.78, 5) is 20.8. The highest BCUT2D eigenvalue weighted by Gasteiger charge is 2.24. The number of imidazole rings is 2. The van der Waals surface area contributed by atoms with Crippen molar-refractivity contribution in [3.8, 4) is 0 Å². The van der Waals surface area contributed by atoms with Gasteiger partial charge in [-0.05, 0) is 69.3 Å². The lowest BCUT2D eigenvalue weighted by Crippen LogP contribution is -2.32. The van der Waals surface area contributed by atoms with E-state index in [1.165, 1.54) is 32.4 Å². The van der Waals surface area contributed by atoms with Crippen LogP contribution >= 0.6 is 11.6 Å². The zero-order chi connectivity index (χ0) is 20.7. The third kappa shape index (κ3) is 3.32. The molecule has 0 N–H and O–H groups in total. The monoisotopic (exact) mass is 420 g/mol. The van der Waals surface area contributed by atoms with Gasteiger partial charge in [-0.1, -0.05) is 30.2 Å². The molecular weight excluding hydrogens is 396 g/mol. The number of aryl methyl sites for hydroxylation is 1. The van der Waals surface area contributed by atoms with Crippen LogP contribution in [-0.4, -0.2) is 44.3 Å². The average Bonchev–Trinajstić information content (AvgIpc) is 3.26. The van der Waals surface area contributed by atoms with Crippen LogP contribution in [0.15, 0.2) is 48.5 Å². The Morgan fingerprint density at radius 3 is 2.40 bits per heavy atom. The van der Waals surface area contributed by atoms with E-state index in [-0.39, 0.29) is 5.78 Å². The second-order valence-corrected chi connectivity index (χ2v) is 8.50. The van der Waals surface area contributed by atoms with Gasteiger partial charge >= 0.3 is 0 Å². The van der Waals surface area contributed by atoms with E-state index < -0.39 is 0 Å². The number of benzene rings is 2. The molecule has 2 aromatic carbocycles. The Labute approximate surface area is 180 Å². The molecule has 0 unspecified atom stereocenters. The minimum Gasteiger partial charge on any atom is -0.308 e. The van der Waals surface area contributed by atoms with Crippen LogP contribution in [0.25, 0.3) is 16.8 Å². The lowest BCUT2D eigenvalue weighted by molar-refractivity contribution is 0.103. The van der Waals surface area contributed by atoms with E-state index in [0.29, 0.717) is 16.3 Å². The van der Waals surface area contributed by atoms with Crippen LogP contribution in [0, 0.1) is 6.92 Å². The second-order valence-electron chi connectivity index (χ2n) is 8.06. The van der Waals surface area contributed by atoms with Gasteiger partial charge in [0.15, 0.2) is 0 Å². The number of hydrogen-bond acceptors (Lipinski definition) is 3. The highest BCUT2D eigenvalue weighted by Crippen LogP contribution is 2.26. The molecule has 154 valence electrons. The van der Waals surface area contributed by atoms with Gasteiger partial charge in [-0.15, -0.1) is 0 Å². The van der Waals surface area contributed by atoms with Crippen LogP contribution in [0.2, 0.25) is 5.02 Å². The Balaban J connectivity index is 1.60. The van der Waals surface area contributed by atoms with Gasteiger partial charge < -0.3 is 9.47 Å². The highest BCUT2D eigenvalue weighted by molar-refractivity contribution is 6.30. The lowest BCUT2D eigenvalue weighted by Gasteiger charge is -2.26. The molecule has 4 aromatic rings. The van der Waals surface area contributed by atoms with Crippen LogP contribution in [0.3, 0.4) is 0 Å². The van der Waals surface area contributed by atoms with Gasteiger partial charge in [0.05, 0.1) is 16.7 Å². The van der Waals surface area contributed by atoms with E-state index >= 15 is 0 Å². The maximum Gasteiger partial charge on any atom is 0.215 e. The molecule has 3 heterocycles. The summed E-state index contributed by atoms with van der Waals surface area (Å²) in [5.41, 5.74) is 4.13. The first-order valence-electron chi connectivity index (χ1n) is 10.6. The molecule has 1 saturated heterocycles. The molecule has 5 rings (SSSR count). The Morgan fingerprint density at radius 2 is 1.67 bits per heavy atom. The number of carbonyl (C=O) groups excluding carboxylic acids is 1. The Hall–Kier alpha value is -2.63. The number of piperidine rings is 1. The molecule has 0 radical (unpaired) electrons. The zero-order valence-corrected chi connectivity index (χ0v) is 17.9. The highest BCUT2D eigenvalue weighted by atomic mass is 35.5. The van der Waals surface area contributed by atoms with Gasteiger partial charge in [0, 0.05) is 23.7 Å². The van der Waals surface area contributed by atoms with Crippen molar-refractivity contribution in [3.05, 3.63) is 70.5 Å². The first-order chi connectivity index (χ1) is 14.6. The molecule has 0 bridgehead atoms. The predicted molar refractivity (Wildman–Crippen MR) is 121 cm³/mol. The molecule has 0 saturated carbocycles. The maximum atomic E-state index is 13.4. The van der Waals surface area contributed by atoms with E-state index in [1.54, 1.807) is 24.3 Å². The predicted octanol–water partition coefficient (Wildman–Crippen LogP) is 4.97. The van der Waals surface area contributed by atoms with Crippen molar-refractivity contribution in [3.63, 3.8) is 0 Å². The van der Waals surface area contributed by atoms with Crippen LogP contribution in [0.1, 0.15) is 41.0 Å². The Kier molecular flexibility index (Phi) is 5.09. The van der Waals surface area contributed by atoms with Crippen molar-refractivity contribution in [2.45, 2.75) is 32.7 Å². The average molecular weight is 421 g/mol. The first-order valence-corrected chi connectivity index (χ1v) is 11.0. The van der Waals surface area contributed by atoms with E-state index in [4.69, 9.17) is 16.6 Å². The van der Waals surface area contributed by atoms with E-state index in [0.717, 1.165) is 35.6 Å². The number of likely N-dealkylation sites (tertiary alicyclic amines) is 1. The molecule has 0 amide bonds. The number of hydrogen-bond donors (Lipinski definition) is 0. The number of fused-ring (bicyclic) bond motifs is 3. The normalized spacial score (nSPS) is 15.3. The molecule has 6 heteroatoms. The molecule has 1 aliphatic heterocycles. The number of nitrogens with zero attached hydrogens (tertiary/aromatic N) is 4. The van der Waals surface area contributed by atoms with Crippen molar-refractivity contribution < 1.29 is 4.79 Å². The summed E-state index contributed by atoms with van der Waals surface area (Å²) in [5.74, 6) is 0.804. The van der Waals surface area contributed by atoms with Crippen molar-refractivity contribution in [2.24, 2.45) is 0 Å². The van der Waals surface area contributed by atoms with E-state index in [2.05, 4.69) is 21.6 Å². The van der Waals surface area contributed by atoms with Crippen LogP contribution in [0.5, 0.6) is 0 Å². The SMILES string of the molecule is Cc1nc2n(CCN3CCCCC3)c3ccccc3n2c1C(=O)c1ccc(Cl)cc1. The number of halogens is 1. The van der Waals surface area contributed by atoms with Crippen molar-refractivity contribution >= 4 is 34.2 Å². The summed E-state index contributed by atoms with van der Waals surface area (Å²) >= 11 is 6.01. The summed E-state index contributed by atoms with van der Waals surface area (Å²) in [6, 6.07) is 15.3. The Morgan fingerprint density at radius 1 is 0.967 bits per heavy atom. The molecular formula is C24H25ClN4O. The van der Waals surface area contributed by atoms with E-state index in [9.17, 15) is 4.79 Å². The van der Waals surface area contributed by atoms with Crippen molar-refractivity contribution in [2.75, 3.05) is 19.6 Å². The summed E-state index contributed by atoms with van der Waals surface area (Å²) in [6.45, 7) is 6.12. The summed E-state index contributed by atoms with van der Waals surface area (Å²) in [7, 11) is 0. The quantitative estimate of drug-likeness (QED) is 0.428. The lowest BCUT2D eigenvalue weighted by atomic mass is 10.1. The molecule has 5 nitrogen and oxygen atoms in total. The number of aromatic nitrogens is 3. The second kappa shape index (κ2) is 7.89. The largest absolute Gasteiger partial charge is 0.308 e. The molecule has 30 heavy (non-hydrogen) atoms. The molecule has 1 aliphatic rings. The molecule has 0 aliphatic carbocycles. The number of carbonyl (C=O) groups is 1. The minimum absolute atomic E-state index is 0.0319. The maximum absolute atomic E-state index is 13.4. The first kappa shape index (κ1) is 19.3. The fourth-order valence-corrected chi connectivity index (χ4v) is 4.69. The molecule has 1 fully saturated rings. The third-order valence-corrected chi connectivity index (χ3v) is 6.35. The smallest absolute Gasteiger partial charge is 0.215 e. The van der Waals surface area contributed by atoms with Gasteiger partial charge in [0.25, 0.3) is 0 Å². The summed E-state index contributed by atoms with van der Waals surface area (Å²) in [5, 5.41) is 0.621. The number of ketones is 1. The third-order valence-electron chi connectivity index (χ3n) is 6.10. The zero-order valence-electron chi connectivity index (χ0n) is 17.1. The topological polar surface area (TPSA) is 42.5 Å². The van der Waals surface area contributed by atoms with Crippen LogP contribution in [0.4, 0.5) is 0 Å². The minimum atomic E-state index is -0.0319. The van der Waals surface area contributed by atoms with Crippen LogP contribution in [-0.2, 0) is 6.54 Å². The standard InChI is InChI=1S/C24H25ClN4O/c1-17-22(23(30)18-9-11-19(25)12-10-18)29-21-8-4-3-7-20(21)28(24(29)26-17)16-15-27-13-5-2-6-14-27/h3-4,7-12H,2,5-6,13-16H2,1H3. The van der Waals surface area contributed by atoms with E-state index in [1.807, 2.05) is 23.5 Å². The Bertz CT molecular complexity index is 1220. The van der Waals surface area contributed by atoms with Gasteiger partial charge in [-0.2, -0.15) is 0 Å². The number of para-hydroxylation sites is 2. The fraction of sp³-hybridized carbons (Fsp3) is 0.333. The molecule has 0 atom stereocenters. The van der Waals surface area contributed by atoms with Gasteiger partial charge in [0.1, 0.15) is 5.69 Å². The number of rotatable bonds is 5. The van der Waals surface area contributed by atoms with Crippen LogP contribution < -0.4 is 0 Å². The van der Waals surface area contributed by atoms with Gasteiger partial charge in [-0.25, -0.2) is 4.98 Å². The fourth-order valence-electron chi connectivity index (χ4n) is 4.56. The van der Waals surface area contributed by atoms with Crippen molar-refractivity contribution in [1.29, 1.82) is 0 Å². The van der Waals surface area contributed by atoms with Gasteiger partial charge in [0.2, 0.25) is 11.6 Å². The summed E-state index contributed by atoms with van der Waals surface area (Å²) < 4.78 is 4.29. The molecule has 2 aromatic heterocycles. The van der Waals surface area contributed by atoms with Gasteiger partial charge in [-0.3, -0.25) is 9.20 Å². The summed E-state index contributed by atoms with van der Waals surface area (Å²) in [6.07, 6.45) is 3.90. The molecule has 0 spiro atoms.